The number of nitrogens with two attached hydrogens (primary N) is 1. The molecule has 17 heavy (non-hydrogen) atoms. The van der Waals surface area contributed by atoms with Crippen LogP contribution in [0.5, 0.6) is 0 Å². The third-order valence-electron chi connectivity index (χ3n) is 2.90. The Balaban J connectivity index is 2.53. The lowest BCUT2D eigenvalue weighted by molar-refractivity contribution is 0.0353. The molecule has 0 saturated carbocycles. The topological polar surface area (TPSA) is 83.6 Å². The first kappa shape index (κ1) is 11.6. The Bertz CT molecular complexity index is 508. The molecule has 0 unspecified atom stereocenters. The van der Waals surface area contributed by atoms with E-state index in [1.807, 2.05) is 0 Å². The van der Waals surface area contributed by atoms with E-state index in [9.17, 15) is 14.7 Å². The van der Waals surface area contributed by atoms with Crippen molar-refractivity contribution in [2.24, 2.45) is 0 Å². The number of carbonyl (C=O) groups excluding carboxylic acids is 2. The van der Waals surface area contributed by atoms with Crippen LogP contribution in [0.15, 0.2) is 18.2 Å². The zero-order valence-corrected chi connectivity index (χ0v) is 9.73. The van der Waals surface area contributed by atoms with Gasteiger partial charge in [0.2, 0.25) is 0 Å². The molecule has 1 aromatic rings. The van der Waals surface area contributed by atoms with Crippen molar-refractivity contribution >= 4 is 17.5 Å². The smallest absolute Gasteiger partial charge is 0.262 e. The van der Waals surface area contributed by atoms with Gasteiger partial charge < -0.3 is 10.8 Å². The van der Waals surface area contributed by atoms with Crippen LogP contribution in [-0.2, 0) is 0 Å². The van der Waals surface area contributed by atoms with Crippen LogP contribution in [0, 0.1) is 0 Å². The number of aliphatic hydroxyl groups is 1. The standard InChI is InChI=1S/C12H14N2O3/c1-12(2,6-15)14-10(16)8-4-3-7(13)5-9(8)11(14)17/h3-5,15H,6,13H2,1-2H3. The lowest BCUT2D eigenvalue weighted by Gasteiger charge is -2.31. The molecule has 5 heteroatoms. The van der Waals surface area contributed by atoms with E-state index in [1.54, 1.807) is 26.0 Å². The second-order valence-corrected chi connectivity index (χ2v) is 4.72. The van der Waals surface area contributed by atoms with E-state index >= 15 is 0 Å². The van der Waals surface area contributed by atoms with Crippen LogP contribution in [0.25, 0.3) is 0 Å². The van der Waals surface area contributed by atoms with Gasteiger partial charge in [-0.15, -0.1) is 0 Å². The second-order valence-electron chi connectivity index (χ2n) is 4.72. The fourth-order valence-electron chi connectivity index (χ4n) is 1.88. The van der Waals surface area contributed by atoms with Crippen molar-refractivity contribution < 1.29 is 14.7 Å². The molecule has 0 aromatic heterocycles. The van der Waals surface area contributed by atoms with Crippen LogP contribution < -0.4 is 5.73 Å². The van der Waals surface area contributed by atoms with Gasteiger partial charge in [0.05, 0.1) is 23.3 Å². The molecule has 1 aliphatic heterocycles. The molecule has 0 spiro atoms. The SMILES string of the molecule is CC(C)(CO)N1C(=O)c2ccc(N)cc2C1=O. The maximum absolute atomic E-state index is 12.1. The predicted octanol–water partition coefficient (Wildman–Crippen LogP) is 0.636. The molecule has 0 atom stereocenters. The summed E-state index contributed by atoms with van der Waals surface area (Å²) in [7, 11) is 0. The highest BCUT2D eigenvalue weighted by atomic mass is 16.3. The number of hydrogen-bond acceptors (Lipinski definition) is 4. The number of fused-ring (bicyclic) bond motifs is 1. The summed E-state index contributed by atoms with van der Waals surface area (Å²) in [5.74, 6) is -0.791. The molecule has 0 aliphatic carbocycles. The number of anilines is 1. The summed E-state index contributed by atoms with van der Waals surface area (Å²) < 4.78 is 0. The molecular formula is C12H14N2O3. The van der Waals surface area contributed by atoms with E-state index in [4.69, 9.17) is 5.73 Å². The van der Waals surface area contributed by atoms with Crippen molar-refractivity contribution in [1.29, 1.82) is 0 Å². The summed E-state index contributed by atoms with van der Waals surface area (Å²) in [6, 6.07) is 4.61. The summed E-state index contributed by atoms with van der Waals surface area (Å²) in [6.07, 6.45) is 0. The number of carbonyl (C=O) groups is 2. The van der Waals surface area contributed by atoms with Gasteiger partial charge in [-0.3, -0.25) is 14.5 Å². The van der Waals surface area contributed by atoms with E-state index < -0.39 is 11.4 Å². The number of nitrogen functional groups attached to an aromatic ring is 1. The van der Waals surface area contributed by atoms with E-state index in [-0.39, 0.29) is 12.5 Å². The van der Waals surface area contributed by atoms with E-state index in [0.717, 1.165) is 4.90 Å². The summed E-state index contributed by atoms with van der Waals surface area (Å²) in [4.78, 5) is 25.3. The Morgan fingerprint density at radius 2 is 1.82 bits per heavy atom. The normalized spacial score (nSPS) is 15.4. The predicted molar refractivity (Wildman–Crippen MR) is 62.5 cm³/mol. The van der Waals surface area contributed by atoms with Gasteiger partial charge in [-0.2, -0.15) is 0 Å². The minimum Gasteiger partial charge on any atom is -0.399 e. The van der Waals surface area contributed by atoms with Crippen molar-refractivity contribution in [2.45, 2.75) is 19.4 Å². The molecule has 0 saturated heterocycles. The number of amides is 2. The fourth-order valence-corrected chi connectivity index (χ4v) is 1.88. The Hall–Kier alpha value is -1.88. The van der Waals surface area contributed by atoms with Gasteiger partial charge in [-0.25, -0.2) is 0 Å². The Morgan fingerprint density at radius 1 is 1.24 bits per heavy atom. The molecule has 90 valence electrons. The van der Waals surface area contributed by atoms with E-state index in [1.165, 1.54) is 6.07 Å². The van der Waals surface area contributed by atoms with Gasteiger partial charge >= 0.3 is 0 Å². The van der Waals surface area contributed by atoms with E-state index in [2.05, 4.69) is 0 Å². The van der Waals surface area contributed by atoms with Crippen LogP contribution in [-0.4, -0.2) is 34.0 Å². The molecule has 1 aliphatic rings. The Morgan fingerprint density at radius 3 is 2.41 bits per heavy atom. The largest absolute Gasteiger partial charge is 0.399 e. The quantitative estimate of drug-likeness (QED) is 0.581. The first-order chi connectivity index (χ1) is 7.88. The lowest BCUT2D eigenvalue weighted by Crippen LogP contribution is -2.50. The number of nitrogens with zero attached hydrogens (tertiary/aromatic N) is 1. The summed E-state index contributed by atoms with van der Waals surface area (Å²) >= 11 is 0. The van der Waals surface area contributed by atoms with Crippen LogP contribution in [0.2, 0.25) is 0 Å². The summed E-state index contributed by atoms with van der Waals surface area (Å²) in [5.41, 5.74) is 5.76. The molecule has 0 fully saturated rings. The monoisotopic (exact) mass is 234 g/mol. The zero-order valence-electron chi connectivity index (χ0n) is 9.73. The Labute approximate surface area is 98.8 Å². The number of imide groups is 1. The summed E-state index contributed by atoms with van der Waals surface area (Å²) in [6.45, 7) is 2.99. The highest BCUT2D eigenvalue weighted by Crippen LogP contribution is 2.30. The third-order valence-corrected chi connectivity index (χ3v) is 2.90. The van der Waals surface area contributed by atoms with Crippen molar-refractivity contribution in [3.8, 4) is 0 Å². The van der Waals surface area contributed by atoms with Crippen molar-refractivity contribution in [3.05, 3.63) is 29.3 Å². The highest BCUT2D eigenvalue weighted by Gasteiger charge is 2.43. The average Bonchev–Trinajstić information content (AvgIpc) is 2.52. The van der Waals surface area contributed by atoms with Gasteiger partial charge in [-0.1, -0.05) is 0 Å². The van der Waals surface area contributed by atoms with Gasteiger partial charge in [0.15, 0.2) is 0 Å². The van der Waals surface area contributed by atoms with Gasteiger partial charge in [-0.05, 0) is 32.0 Å². The van der Waals surface area contributed by atoms with Crippen LogP contribution in [0.1, 0.15) is 34.6 Å². The van der Waals surface area contributed by atoms with Crippen LogP contribution in [0.3, 0.4) is 0 Å². The fraction of sp³-hybridized carbons (Fsp3) is 0.333. The molecule has 2 amide bonds. The summed E-state index contributed by atoms with van der Waals surface area (Å²) in [5, 5.41) is 9.25. The van der Waals surface area contributed by atoms with Crippen molar-refractivity contribution in [3.63, 3.8) is 0 Å². The first-order valence-electron chi connectivity index (χ1n) is 5.28. The maximum atomic E-state index is 12.1. The molecule has 2 rings (SSSR count). The van der Waals surface area contributed by atoms with E-state index in [0.29, 0.717) is 16.8 Å². The van der Waals surface area contributed by atoms with Gasteiger partial charge in [0.1, 0.15) is 0 Å². The zero-order chi connectivity index (χ0) is 12.8. The molecule has 1 aromatic carbocycles. The molecule has 5 nitrogen and oxygen atoms in total. The van der Waals surface area contributed by atoms with Crippen LogP contribution in [0.4, 0.5) is 5.69 Å². The minimum atomic E-state index is -0.915. The number of aliphatic hydroxyl groups excluding tert-OH is 1. The molecule has 0 radical (unpaired) electrons. The van der Waals surface area contributed by atoms with Gasteiger partial charge in [0, 0.05) is 5.69 Å². The first-order valence-corrected chi connectivity index (χ1v) is 5.28. The number of hydrogen-bond donors (Lipinski definition) is 2. The highest BCUT2D eigenvalue weighted by molar-refractivity contribution is 6.22. The maximum Gasteiger partial charge on any atom is 0.262 e. The number of benzene rings is 1. The van der Waals surface area contributed by atoms with Crippen molar-refractivity contribution in [1.82, 2.24) is 4.90 Å². The minimum absolute atomic E-state index is 0.284. The second kappa shape index (κ2) is 3.56. The lowest BCUT2D eigenvalue weighted by atomic mass is 10.0. The third kappa shape index (κ3) is 1.59. The average molecular weight is 234 g/mol. The molecule has 0 bridgehead atoms. The molecule has 3 N–H and O–H groups in total. The van der Waals surface area contributed by atoms with Gasteiger partial charge in [0.25, 0.3) is 11.8 Å². The molecular weight excluding hydrogens is 220 g/mol. The van der Waals surface area contributed by atoms with Crippen LogP contribution >= 0.6 is 0 Å². The van der Waals surface area contributed by atoms with Crippen molar-refractivity contribution in [2.75, 3.05) is 12.3 Å². The Kier molecular flexibility index (Phi) is 2.43. The molecule has 1 heterocycles. The number of rotatable bonds is 2.